The average Bonchev–Trinajstić information content (AvgIpc) is 2.47. The molecule has 0 fully saturated rings. The summed E-state index contributed by atoms with van der Waals surface area (Å²) in [5.41, 5.74) is 1.89. The summed E-state index contributed by atoms with van der Waals surface area (Å²) in [6, 6.07) is 14.2. The number of halogens is 1. The van der Waals surface area contributed by atoms with E-state index in [4.69, 9.17) is 17.4 Å². The van der Waals surface area contributed by atoms with Gasteiger partial charge < -0.3 is 10.6 Å². The maximum Gasteiger partial charge on any atom is 0.238 e. The van der Waals surface area contributed by atoms with Gasteiger partial charge in [-0.15, -0.1) is 0 Å². The first kappa shape index (κ1) is 17.9. The van der Waals surface area contributed by atoms with Crippen LogP contribution in [0.1, 0.15) is 5.56 Å². The summed E-state index contributed by atoms with van der Waals surface area (Å²) in [7, 11) is -3.64. The molecule has 0 radical (unpaired) electrons. The SMILES string of the molecule is NS(=O)(=O)c1ccc(CCNC(=S)Nc2cccc(Br)c2)cc1. The molecule has 0 aliphatic carbocycles. The van der Waals surface area contributed by atoms with Gasteiger partial charge in [0.15, 0.2) is 5.11 Å². The Morgan fingerprint density at radius 3 is 2.48 bits per heavy atom. The number of hydrogen-bond donors (Lipinski definition) is 3. The van der Waals surface area contributed by atoms with Crippen LogP contribution in [0.2, 0.25) is 0 Å². The van der Waals surface area contributed by atoms with Crippen molar-refractivity contribution < 1.29 is 8.42 Å². The van der Waals surface area contributed by atoms with E-state index >= 15 is 0 Å². The first-order valence-electron chi connectivity index (χ1n) is 6.77. The van der Waals surface area contributed by atoms with Gasteiger partial charge in [0.25, 0.3) is 0 Å². The number of nitrogens with two attached hydrogens (primary N) is 1. The van der Waals surface area contributed by atoms with Gasteiger partial charge in [-0.3, -0.25) is 0 Å². The molecule has 0 saturated heterocycles. The molecule has 0 aliphatic rings. The summed E-state index contributed by atoms with van der Waals surface area (Å²) in [6.45, 7) is 0.633. The number of primary sulfonamides is 1. The Balaban J connectivity index is 1.81. The molecule has 0 aromatic heterocycles. The Hall–Kier alpha value is -1.48. The van der Waals surface area contributed by atoms with E-state index in [9.17, 15) is 8.42 Å². The Kier molecular flexibility index (Phi) is 6.11. The summed E-state index contributed by atoms with van der Waals surface area (Å²) < 4.78 is 23.3. The fourth-order valence-corrected chi connectivity index (χ4v) is 3.04. The molecule has 0 bridgehead atoms. The Bertz CT molecular complexity index is 793. The molecule has 2 aromatic carbocycles. The molecule has 2 aromatic rings. The first-order valence-corrected chi connectivity index (χ1v) is 9.51. The van der Waals surface area contributed by atoms with E-state index in [0.29, 0.717) is 18.1 Å². The molecule has 0 aliphatic heterocycles. The Morgan fingerprint density at radius 2 is 1.87 bits per heavy atom. The molecule has 0 unspecified atom stereocenters. The second kappa shape index (κ2) is 7.87. The minimum absolute atomic E-state index is 0.112. The normalized spacial score (nSPS) is 11.0. The number of sulfonamides is 1. The van der Waals surface area contributed by atoms with Crippen molar-refractivity contribution in [1.82, 2.24) is 5.32 Å². The van der Waals surface area contributed by atoms with E-state index in [1.54, 1.807) is 12.1 Å². The monoisotopic (exact) mass is 413 g/mol. The van der Waals surface area contributed by atoms with Crippen LogP contribution in [-0.2, 0) is 16.4 Å². The van der Waals surface area contributed by atoms with Crippen LogP contribution in [0.3, 0.4) is 0 Å². The lowest BCUT2D eigenvalue weighted by Gasteiger charge is -2.11. The van der Waals surface area contributed by atoms with Gasteiger partial charge in [0, 0.05) is 16.7 Å². The highest BCUT2D eigenvalue weighted by Gasteiger charge is 2.06. The predicted octanol–water partition coefficient (Wildman–Crippen LogP) is 2.63. The molecule has 0 amide bonds. The van der Waals surface area contributed by atoms with Crippen LogP contribution < -0.4 is 15.8 Å². The third-order valence-electron chi connectivity index (χ3n) is 3.03. The van der Waals surface area contributed by atoms with Crippen LogP contribution in [0.25, 0.3) is 0 Å². The van der Waals surface area contributed by atoms with Gasteiger partial charge in [-0.1, -0.05) is 34.1 Å². The highest BCUT2D eigenvalue weighted by molar-refractivity contribution is 9.10. The molecular weight excluding hydrogens is 398 g/mol. The molecule has 4 N–H and O–H groups in total. The number of anilines is 1. The second-order valence-corrected chi connectivity index (χ2v) is 7.72. The van der Waals surface area contributed by atoms with Crippen molar-refractivity contribution in [3.05, 3.63) is 58.6 Å². The standard InChI is InChI=1S/C15H16BrN3O2S2/c16-12-2-1-3-13(10-12)19-15(22)18-9-8-11-4-6-14(7-5-11)23(17,20)21/h1-7,10H,8-9H2,(H2,17,20,21)(H2,18,19,22). The number of rotatable bonds is 5. The van der Waals surface area contributed by atoms with Crippen LogP contribution in [0.4, 0.5) is 5.69 Å². The average molecular weight is 414 g/mol. The summed E-state index contributed by atoms with van der Waals surface area (Å²) >= 11 is 8.63. The second-order valence-electron chi connectivity index (χ2n) is 4.83. The molecule has 0 saturated carbocycles. The molecule has 122 valence electrons. The highest BCUT2D eigenvalue weighted by atomic mass is 79.9. The zero-order valence-electron chi connectivity index (χ0n) is 12.1. The molecule has 0 heterocycles. The zero-order chi connectivity index (χ0) is 16.9. The van der Waals surface area contributed by atoms with Crippen molar-refractivity contribution in [2.24, 2.45) is 5.14 Å². The van der Waals surface area contributed by atoms with Gasteiger partial charge in [0.2, 0.25) is 10.0 Å². The minimum Gasteiger partial charge on any atom is -0.362 e. The van der Waals surface area contributed by atoms with Gasteiger partial charge in [-0.2, -0.15) is 0 Å². The van der Waals surface area contributed by atoms with E-state index in [-0.39, 0.29) is 4.90 Å². The Labute approximate surface area is 149 Å². The van der Waals surface area contributed by atoms with Crippen molar-refractivity contribution in [3.8, 4) is 0 Å². The van der Waals surface area contributed by atoms with Crippen LogP contribution in [0.15, 0.2) is 57.9 Å². The summed E-state index contributed by atoms with van der Waals surface area (Å²) in [4.78, 5) is 0.112. The largest absolute Gasteiger partial charge is 0.362 e. The molecular formula is C15H16BrN3O2S2. The molecule has 2 rings (SSSR count). The van der Waals surface area contributed by atoms with Gasteiger partial charge >= 0.3 is 0 Å². The summed E-state index contributed by atoms with van der Waals surface area (Å²) in [5.74, 6) is 0. The molecule has 0 spiro atoms. The van der Waals surface area contributed by atoms with Gasteiger partial charge in [-0.25, -0.2) is 13.6 Å². The lowest BCUT2D eigenvalue weighted by molar-refractivity contribution is 0.598. The molecule has 0 atom stereocenters. The van der Waals surface area contributed by atoms with Gasteiger partial charge in [0.1, 0.15) is 0 Å². The van der Waals surface area contributed by atoms with Crippen LogP contribution in [0, 0.1) is 0 Å². The minimum atomic E-state index is -3.64. The summed E-state index contributed by atoms with van der Waals surface area (Å²) in [6.07, 6.45) is 0.713. The van der Waals surface area contributed by atoms with E-state index < -0.39 is 10.0 Å². The number of benzene rings is 2. The lowest BCUT2D eigenvalue weighted by atomic mass is 10.1. The fraction of sp³-hybridized carbons (Fsp3) is 0.133. The number of hydrogen-bond acceptors (Lipinski definition) is 3. The van der Waals surface area contributed by atoms with Crippen molar-refractivity contribution in [1.29, 1.82) is 0 Å². The molecule has 8 heteroatoms. The number of thiocarbonyl (C=S) groups is 1. The maximum absolute atomic E-state index is 11.2. The van der Waals surface area contributed by atoms with Crippen molar-refractivity contribution in [2.75, 3.05) is 11.9 Å². The van der Waals surface area contributed by atoms with E-state index in [2.05, 4.69) is 26.6 Å². The fourth-order valence-electron chi connectivity index (χ4n) is 1.91. The van der Waals surface area contributed by atoms with E-state index in [1.807, 2.05) is 24.3 Å². The maximum atomic E-state index is 11.2. The molecule has 5 nitrogen and oxygen atoms in total. The zero-order valence-corrected chi connectivity index (χ0v) is 15.3. The first-order chi connectivity index (χ1) is 10.8. The van der Waals surface area contributed by atoms with Crippen molar-refractivity contribution >= 4 is 49.0 Å². The topological polar surface area (TPSA) is 84.2 Å². The molecule has 23 heavy (non-hydrogen) atoms. The van der Waals surface area contributed by atoms with Crippen molar-refractivity contribution in [2.45, 2.75) is 11.3 Å². The predicted molar refractivity (Wildman–Crippen MR) is 99.9 cm³/mol. The third kappa shape index (κ3) is 5.91. The summed E-state index contributed by atoms with van der Waals surface area (Å²) in [5, 5.41) is 11.8. The smallest absolute Gasteiger partial charge is 0.238 e. The van der Waals surface area contributed by atoms with Crippen LogP contribution in [0.5, 0.6) is 0 Å². The van der Waals surface area contributed by atoms with Gasteiger partial charge in [0.05, 0.1) is 4.90 Å². The van der Waals surface area contributed by atoms with Crippen LogP contribution >= 0.6 is 28.1 Å². The Morgan fingerprint density at radius 1 is 1.17 bits per heavy atom. The highest BCUT2D eigenvalue weighted by Crippen LogP contribution is 2.15. The van der Waals surface area contributed by atoms with E-state index in [1.165, 1.54) is 12.1 Å². The van der Waals surface area contributed by atoms with E-state index in [0.717, 1.165) is 15.7 Å². The van der Waals surface area contributed by atoms with Gasteiger partial charge in [-0.05, 0) is 54.5 Å². The van der Waals surface area contributed by atoms with Crippen molar-refractivity contribution in [3.63, 3.8) is 0 Å². The van der Waals surface area contributed by atoms with Crippen LogP contribution in [-0.4, -0.2) is 20.1 Å². The quantitative estimate of drug-likeness (QED) is 0.656. The lowest BCUT2D eigenvalue weighted by Crippen LogP contribution is -2.30. The number of nitrogens with one attached hydrogen (secondary N) is 2. The third-order valence-corrected chi connectivity index (χ3v) is 4.70.